The average Bonchev–Trinajstić information content (AvgIpc) is 3.45. The molecule has 0 aliphatic carbocycles. The number of aliphatic hydroxyl groups is 1. The molecule has 1 amide bonds. The molecule has 1 aliphatic heterocycles. The molecule has 180 valence electrons. The van der Waals surface area contributed by atoms with Crippen molar-refractivity contribution in [2.75, 3.05) is 18.6 Å². The number of benzene rings is 3. The van der Waals surface area contributed by atoms with Gasteiger partial charge in [-0.3, -0.25) is 14.5 Å². The number of Topliss-reactive ketones (excluding diaryl/α,β-unsaturated/α-hetero) is 1. The van der Waals surface area contributed by atoms with Crippen molar-refractivity contribution in [2.24, 2.45) is 0 Å². The van der Waals surface area contributed by atoms with Gasteiger partial charge in [-0.15, -0.1) is 0 Å². The second-order valence-corrected chi connectivity index (χ2v) is 9.05. The third kappa shape index (κ3) is 4.12. The molecule has 1 aromatic heterocycles. The van der Waals surface area contributed by atoms with Crippen molar-refractivity contribution in [2.45, 2.75) is 6.04 Å². The van der Waals surface area contributed by atoms with Gasteiger partial charge in [-0.1, -0.05) is 66.5 Å². The fourth-order valence-electron chi connectivity index (χ4n) is 4.15. The quantitative estimate of drug-likeness (QED) is 0.157. The van der Waals surface area contributed by atoms with E-state index in [9.17, 15) is 14.7 Å². The first-order valence-electron chi connectivity index (χ1n) is 11.2. The van der Waals surface area contributed by atoms with Gasteiger partial charge in [-0.25, -0.2) is 4.98 Å². The van der Waals surface area contributed by atoms with Crippen LogP contribution in [0.15, 0.2) is 91.0 Å². The molecule has 0 spiro atoms. The summed E-state index contributed by atoms with van der Waals surface area (Å²) in [5.41, 5.74) is 1.70. The third-order valence-electron chi connectivity index (χ3n) is 5.82. The minimum Gasteiger partial charge on any atom is -0.507 e. The summed E-state index contributed by atoms with van der Waals surface area (Å²) in [6, 6.07) is 20.3. The second-order valence-electron chi connectivity index (χ2n) is 8.04. The summed E-state index contributed by atoms with van der Waals surface area (Å²) in [4.78, 5) is 32.8. The summed E-state index contributed by atoms with van der Waals surface area (Å²) in [7, 11) is 1.58. The third-order valence-corrected chi connectivity index (χ3v) is 6.84. The van der Waals surface area contributed by atoms with Crippen molar-refractivity contribution in [3.8, 4) is 11.5 Å². The lowest BCUT2D eigenvalue weighted by molar-refractivity contribution is -0.132. The van der Waals surface area contributed by atoms with Crippen molar-refractivity contribution in [3.05, 3.63) is 102 Å². The van der Waals surface area contributed by atoms with Gasteiger partial charge in [-0.05, 0) is 35.9 Å². The Morgan fingerprint density at radius 3 is 2.64 bits per heavy atom. The molecule has 1 unspecified atom stereocenters. The Hall–Kier alpha value is -4.43. The molecule has 4 aromatic rings. The van der Waals surface area contributed by atoms with Gasteiger partial charge >= 0.3 is 5.91 Å². The first-order chi connectivity index (χ1) is 17.5. The number of methoxy groups -OCH3 is 1. The molecule has 1 fully saturated rings. The Balaban J connectivity index is 1.70. The number of ketones is 1. The molecule has 1 saturated heterocycles. The Kier molecular flexibility index (Phi) is 6.26. The molecule has 2 heterocycles. The van der Waals surface area contributed by atoms with Crippen molar-refractivity contribution in [1.82, 2.24) is 4.98 Å². The molecule has 8 heteroatoms. The highest BCUT2D eigenvalue weighted by atomic mass is 32.1. The minimum absolute atomic E-state index is 0.0103. The van der Waals surface area contributed by atoms with Crippen molar-refractivity contribution in [1.29, 1.82) is 0 Å². The average molecular weight is 499 g/mol. The monoisotopic (exact) mass is 498 g/mol. The summed E-state index contributed by atoms with van der Waals surface area (Å²) in [6.45, 7) is 3.97. The van der Waals surface area contributed by atoms with E-state index in [-0.39, 0.29) is 11.3 Å². The number of ether oxygens (including phenoxy) is 2. The van der Waals surface area contributed by atoms with E-state index in [0.717, 1.165) is 4.70 Å². The van der Waals surface area contributed by atoms with Crippen LogP contribution in [0.3, 0.4) is 0 Å². The number of rotatable bonds is 7. The predicted molar refractivity (Wildman–Crippen MR) is 140 cm³/mol. The molecular weight excluding hydrogens is 476 g/mol. The summed E-state index contributed by atoms with van der Waals surface area (Å²) in [5, 5.41) is 11.6. The van der Waals surface area contributed by atoms with E-state index in [4.69, 9.17) is 9.47 Å². The van der Waals surface area contributed by atoms with Crippen molar-refractivity contribution >= 4 is 44.1 Å². The van der Waals surface area contributed by atoms with Gasteiger partial charge in [0, 0.05) is 5.56 Å². The number of aromatic nitrogens is 1. The van der Waals surface area contributed by atoms with E-state index in [0.29, 0.717) is 39.9 Å². The van der Waals surface area contributed by atoms with Gasteiger partial charge in [0.25, 0.3) is 5.78 Å². The lowest BCUT2D eigenvalue weighted by Gasteiger charge is -2.23. The topological polar surface area (TPSA) is 89.0 Å². The summed E-state index contributed by atoms with van der Waals surface area (Å²) < 4.78 is 11.8. The number of aliphatic hydroxyl groups excluding tert-OH is 1. The molecule has 3 aromatic carbocycles. The molecule has 1 aliphatic rings. The van der Waals surface area contributed by atoms with Gasteiger partial charge in [0.05, 0.1) is 28.9 Å². The fraction of sp³-hybridized carbons (Fsp3) is 0.107. The molecular formula is C28H22N2O5S. The molecule has 0 saturated carbocycles. The van der Waals surface area contributed by atoms with Crippen LogP contribution < -0.4 is 14.4 Å². The van der Waals surface area contributed by atoms with E-state index in [1.165, 1.54) is 16.2 Å². The van der Waals surface area contributed by atoms with Gasteiger partial charge < -0.3 is 14.6 Å². The minimum atomic E-state index is -0.903. The first-order valence-corrected chi connectivity index (χ1v) is 12.0. The van der Waals surface area contributed by atoms with Crippen molar-refractivity contribution in [3.63, 3.8) is 0 Å². The Morgan fingerprint density at radius 1 is 1.08 bits per heavy atom. The number of nitrogens with zero attached hydrogens (tertiary/aromatic N) is 2. The van der Waals surface area contributed by atoms with E-state index >= 15 is 0 Å². The largest absolute Gasteiger partial charge is 0.507 e. The van der Waals surface area contributed by atoms with Gasteiger partial charge in [0.1, 0.15) is 23.9 Å². The summed E-state index contributed by atoms with van der Waals surface area (Å²) in [6.07, 6.45) is 1.63. The highest BCUT2D eigenvalue weighted by Crippen LogP contribution is 2.45. The standard InChI is InChI=1S/C28H22N2O5S/c1-3-14-35-20-11-7-10-18(15-20)24-23(25(31)17-8-5-4-6-9-17)26(32)27(33)30(24)28-29-21-13-12-19(34-2)16-22(21)36-28/h3-13,15-16,24,31H,1,14H2,2H3/b25-23+. The highest BCUT2D eigenvalue weighted by molar-refractivity contribution is 7.22. The van der Waals surface area contributed by atoms with Gasteiger partial charge in [0.15, 0.2) is 5.13 Å². The van der Waals surface area contributed by atoms with E-state index in [1.54, 1.807) is 73.8 Å². The normalized spacial score (nSPS) is 16.9. The number of thiazole rings is 1. The Bertz CT molecular complexity index is 1510. The molecule has 36 heavy (non-hydrogen) atoms. The van der Waals surface area contributed by atoms with E-state index in [1.807, 2.05) is 12.1 Å². The summed E-state index contributed by atoms with van der Waals surface area (Å²) in [5.74, 6) is -0.586. The lowest BCUT2D eigenvalue weighted by atomic mass is 9.95. The van der Waals surface area contributed by atoms with Crippen LogP contribution in [-0.4, -0.2) is 35.5 Å². The lowest BCUT2D eigenvalue weighted by Crippen LogP contribution is -2.29. The molecule has 0 radical (unpaired) electrons. The van der Waals surface area contributed by atoms with Crippen LogP contribution in [-0.2, 0) is 9.59 Å². The van der Waals surface area contributed by atoms with Gasteiger partial charge in [0.2, 0.25) is 0 Å². The number of anilines is 1. The van der Waals surface area contributed by atoms with Crippen LogP contribution >= 0.6 is 11.3 Å². The zero-order valence-electron chi connectivity index (χ0n) is 19.4. The number of amides is 1. The molecule has 5 rings (SSSR count). The highest BCUT2D eigenvalue weighted by Gasteiger charge is 2.48. The maximum Gasteiger partial charge on any atom is 0.301 e. The smallest absolute Gasteiger partial charge is 0.301 e. The van der Waals surface area contributed by atoms with Crippen LogP contribution in [0, 0.1) is 0 Å². The van der Waals surface area contributed by atoms with Crippen LogP contribution in [0.5, 0.6) is 11.5 Å². The molecule has 1 N–H and O–H groups in total. The second kappa shape index (κ2) is 9.67. The predicted octanol–water partition coefficient (Wildman–Crippen LogP) is 5.50. The molecule has 7 nitrogen and oxygen atoms in total. The zero-order chi connectivity index (χ0) is 25.2. The van der Waals surface area contributed by atoms with Crippen LogP contribution in [0.4, 0.5) is 5.13 Å². The molecule has 1 atom stereocenters. The number of hydrogen-bond acceptors (Lipinski definition) is 7. The maximum atomic E-state index is 13.4. The van der Waals surface area contributed by atoms with Crippen LogP contribution in [0.1, 0.15) is 17.2 Å². The maximum absolute atomic E-state index is 13.4. The van der Waals surface area contributed by atoms with E-state index in [2.05, 4.69) is 11.6 Å². The fourth-order valence-corrected chi connectivity index (χ4v) is 5.17. The Labute approximate surface area is 211 Å². The van der Waals surface area contributed by atoms with Crippen LogP contribution in [0.25, 0.3) is 16.0 Å². The zero-order valence-corrected chi connectivity index (χ0v) is 20.2. The van der Waals surface area contributed by atoms with Gasteiger partial charge in [-0.2, -0.15) is 0 Å². The number of fused-ring (bicyclic) bond motifs is 1. The molecule has 0 bridgehead atoms. The SMILES string of the molecule is C=CCOc1cccc(C2/C(=C(\O)c3ccccc3)C(=O)C(=O)N2c2nc3ccc(OC)cc3s2)c1. The number of carbonyl (C=O) groups is 2. The summed E-state index contributed by atoms with van der Waals surface area (Å²) >= 11 is 1.27. The number of hydrogen-bond donors (Lipinski definition) is 1. The van der Waals surface area contributed by atoms with Crippen molar-refractivity contribution < 1.29 is 24.2 Å². The van der Waals surface area contributed by atoms with E-state index < -0.39 is 17.7 Å². The first kappa shape index (κ1) is 23.3. The number of carbonyl (C=O) groups excluding carboxylic acids is 2. The Morgan fingerprint density at radius 2 is 1.89 bits per heavy atom. The van der Waals surface area contributed by atoms with Crippen LogP contribution in [0.2, 0.25) is 0 Å².